The van der Waals surface area contributed by atoms with Crippen molar-refractivity contribution in [2.24, 2.45) is 0 Å². The average molecular weight is 396 g/mol. The van der Waals surface area contributed by atoms with Crippen molar-refractivity contribution in [1.29, 1.82) is 0 Å². The molecule has 3 N–H and O–H groups in total. The van der Waals surface area contributed by atoms with Crippen LogP contribution in [-0.4, -0.2) is 55.2 Å². The minimum atomic E-state index is -1.52. The second kappa shape index (κ2) is 9.20. The molecule has 0 aromatic heterocycles. The molecule has 0 bridgehead atoms. The zero-order chi connectivity index (χ0) is 20.8. The molecule has 0 aliphatic carbocycles. The molecule has 1 atom stereocenters. The van der Waals surface area contributed by atoms with E-state index in [-0.39, 0.29) is 0 Å². The second-order valence-electron chi connectivity index (χ2n) is 6.72. The maximum absolute atomic E-state index is 12.7. The summed E-state index contributed by atoms with van der Waals surface area (Å²) in [5.41, 5.74) is 1.72. The number of carboxylic acids is 1. The Kier molecular flexibility index (Phi) is 6.46. The van der Waals surface area contributed by atoms with Crippen LogP contribution in [-0.2, 0) is 9.59 Å². The number of benzene rings is 2. The number of anilines is 2. The van der Waals surface area contributed by atoms with Gasteiger partial charge in [0.1, 0.15) is 0 Å². The van der Waals surface area contributed by atoms with E-state index in [9.17, 15) is 19.5 Å². The van der Waals surface area contributed by atoms with Crippen LogP contribution in [0.3, 0.4) is 0 Å². The number of carbonyl (C=O) groups is 3. The van der Waals surface area contributed by atoms with Crippen LogP contribution in [0.1, 0.15) is 17.3 Å². The summed E-state index contributed by atoms with van der Waals surface area (Å²) in [4.78, 5) is 39.9. The van der Waals surface area contributed by atoms with E-state index in [1.165, 1.54) is 6.92 Å². The molecule has 8 heteroatoms. The number of amides is 2. The van der Waals surface area contributed by atoms with Gasteiger partial charge in [0.25, 0.3) is 5.91 Å². The maximum Gasteiger partial charge on any atom is 0.347 e. The van der Waals surface area contributed by atoms with Crippen molar-refractivity contribution in [3.8, 4) is 0 Å². The van der Waals surface area contributed by atoms with E-state index in [0.29, 0.717) is 11.3 Å². The summed E-state index contributed by atoms with van der Waals surface area (Å²) in [5, 5.41) is 15.4. The van der Waals surface area contributed by atoms with Crippen molar-refractivity contribution in [3.63, 3.8) is 0 Å². The van der Waals surface area contributed by atoms with E-state index in [1.807, 2.05) is 12.1 Å². The van der Waals surface area contributed by atoms with Gasteiger partial charge in [-0.05, 0) is 36.4 Å². The largest absolute Gasteiger partial charge is 0.478 e. The zero-order valence-electron chi connectivity index (χ0n) is 16.2. The molecule has 1 aliphatic rings. The molecular weight excluding hydrogens is 372 g/mol. The normalized spacial score (nSPS) is 14.7. The van der Waals surface area contributed by atoms with Crippen molar-refractivity contribution in [2.75, 3.05) is 36.0 Å². The lowest BCUT2D eigenvalue weighted by Gasteiger charge is -2.30. The Balaban J connectivity index is 1.77. The van der Waals surface area contributed by atoms with Crippen LogP contribution < -0.4 is 20.4 Å². The highest BCUT2D eigenvalue weighted by molar-refractivity contribution is 6.02. The number of carboxylic acid groups (broad SMARTS) is 1. The summed E-state index contributed by atoms with van der Waals surface area (Å²) < 4.78 is 0. The molecule has 1 heterocycles. The first-order chi connectivity index (χ1) is 14.0. The van der Waals surface area contributed by atoms with Gasteiger partial charge in [-0.2, -0.15) is 0 Å². The summed E-state index contributed by atoms with van der Waals surface area (Å²) in [6.07, 6.45) is -1.52. The Labute approximate surface area is 169 Å². The molecule has 1 saturated heterocycles. The Morgan fingerprint density at radius 1 is 1.03 bits per heavy atom. The zero-order valence-corrected chi connectivity index (χ0v) is 16.2. The Morgan fingerprint density at radius 2 is 1.66 bits per heavy atom. The van der Waals surface area contributed by atoms with Crippen LogP contribution in [0.4, 0.5) is 11.4 Å². The highest BCUT2D eigenvalue weighted by atomic mass is 16.4. The number of carbonyl (C=O) groups excluding carboxylic acids is 2. The summed E-state index contributed by atoms with van der Waals surface area (Å²) in [5.74, 6) is -2.38. The molecule has 8 nitrogen and oxygen atoms in total. The Bertz CT molecular complexity index is 864. The molecule has 29 heavy (non-hydrogen) atoms. The first-order valence-corrected chi connectivity index (χ1v) is 9.41. The molecule has 1 fully saturated rings. The van der Waals surface area contributed by atoms with Gasteiger partial charge in [0.15, 0.2) is 0 Å². The SMILES string of the molecule is CC(=O)N(c1ccccc1)[C@@H](NC(=O)c1ccc(N2CCNCC2)cc1)C(=O)O. The lowest BCUT2D eigenvalue weighted by atomic mass is 10.1. The van der Waals surface area contributed by atoms with Gasteiger partial charge in [-0.25, -0.2) is 4.79 Å². The highest BCUT2D eigenvalue weighted by Crippen LogP contribution is 2.18. The highest BCUT2D eigenvalue weighted by Gasteiger charge is 2.31. The van der Waals surface area contributed by atoms with Gasteiger partial charge < -0.3 is 20.6 Å². The molecule has 0 saturated carbocycles. The van der Waals surface area contributed by atoms with Crippen LogP contribution in [0.5, 0.6) is 0 Å². The molecule has 2 aromatic rings. The first kappa shape index (κ1) is 20.3. The van der Waals surface area contributed by atoms with Gasteiger partial charge in [0.2, 0.25) is 12.1 Å². The Hall–Kier alpha value is -3.39. The predicted octanol–water partition coefficient (Wildman–Crippen LogP) is 1.29. The van der Waals surface area contributed by atoms with Gasteiger partial charge in [-0.15, -0.1) is 0 Å². The van der Waals surface area contributed by atoms with Gasteiger partial charge in [0, 0.05) is 50.0 Å². The fraction of sp³-hybridized carbons (Fsp3) is 0.286. The number of nitrogens with zero attached hydrogens (tertiary/aromatic N) is 2. The van der Waals surface area contributed by atoms with E-state index >= 15 is 0 Å². The number of para-hydroxylation sites is 1. The van der Waals surface area contributed by atoms with E-state index in [0.717, 1.165) is 36.8 Å². The lowest BCUT2D eigenvalue weighted by molar-refractivity contribution is -0.140. The molecule has 0 spiro atoms. The number of aliphatic carboxylic acids is 1. The van der Waals surface area contributed by atoms with Crippen LogP contribution in [0, 0.1) is 0 Å². The summed E-state index contributed by atoms with van der Waals surface area (Å²) in [7, 11) is 0. The molecular formula is C21H24N4O4. The van der Waals surface area contributed by atoms with E-state index in [1.54, 1.807) is 42.5 Å². The van der Waals surface area contributed by atoms with Crippen molar-refractivity contribution in [3.05, 3.63) is 60.2 Å². The number of hydrogen-bond donors (Lipinski definition) is 3. The fourth-order valence-electron chi connectivity index (χ4n) is 3.29. The van der Waals surface area contributed by atoms with Crippen molar-refractivity contribution < 1.29 is 19.5 Å². The third-order valence-electron chi connectivity index (χ3n) is 4.75. The monoisotopic (exact) mass is 396 g/mol. The number of rotatable bonds is 6. The van der Waals surface area contributed by atoms with Crippen LogP contribution in [0.25, 0.3) is 0 Å². The molecule has 2 aromatic carbocycles. The van der Waals surface area contributed by atoms with E-state index in [2.05, 4.69) is 15.5 Å². The van der Waals surface area contributed by atoms with Crippen molar-refractivity contribution in [2.45, 2.75) is 13.1 Å². The minimum absolute atomic E-state index is 0.326. The second-order valence-corrected chi connectivity index (χ2v) is 6.72. The third kappa shape index (κ3) is 4.91. The quantitative estimate of drug-likeness (QED) is 0.636. The van der Waals surface area contributed by atoms with Gasteiger partial charge in [-0.3, -0.25) is 14.5 Å². The standard InChI is InChI=1S/C21H24N4O4/c1-15(26)25(18-5-3-2-4-6-18)19(21(28)29)23-20(27)16-7-9-17(10-8-16)24-13-11-22-12-14-24/h2-10,19,22H,11-14H2,1H3,(H,23,27)(H,28,29)/t19-/m1/s1. The van der Waals surface area contributed by atoms with Gasteiger partial charge in [0.05, 0.1) is 0 Å². The van der Waals surface area contributed by atoms with Crippen molar-refractivity contribution >= 4 is 29.2 Å². The summed E-state index contributed by atoms with van der Waals surface area (Å²) in [6, 6.07) is 15.4. The third-order valence-corrected chi connectivity index (χ3v) is 4.75. The molecule has 2 amide bonds. The van der Waals surface area contributed by atoms with Crippen molar-refractivity contribution in [1.82, 2.24) is 10.6 Å². The van der Waals surface area contributed by atoms with Crippen LogP contribution in [0.2, 0.25) is 0 Å². The van der Waals surface area contributed by atoms with Gasteiger partial charge >= 0.3 is 5.97 Å². The molecule has 1 aliphatic heterocycles. The van der Waals surface area contributed by atoms with E-state index < -0.39 is 23.9 Å². The minimum Gasteiger partial charge on any atom is -0.478 e. The molecule has 3 rings (SSSR count). The van der Waals surface area contributed by atoms with Gasteiger partial charge in [-0.1, -0.05) is 18.2 Å². The fourth-order valence-corrected chi connectivity index (χ4v) is 3.29. The predicted molar refractivity (Wildman–Crippen MR) is 110 cm³/mol. The smallest absolute Gasteiger partial charge is 0.347 e. The molecule has 0 radical (unpaired) electrons. The lowest BCUT2D eigenvalue weighted by Crippen LogP contribution is -2.55. The number of hydrogen-bond acceptors (Lipinski definition) is 5. The summed E-state index contributed by atoms with van der Waals surface area (Å²) >= 11 is 0. The average Bonchev–Trinajstić information content (AvgIpc) is 2.74. The Morgan fingerprint density at radius 3 is 2.21 bits per heavy atom. The molecule has 152 valence electrons. The summed E-state index contributed by atoms with van der Waals surface area (Å²) in [6.45, 7) is 4.84. The topological polar surface area (TPSA) is 102 Å². The number of piperazine rings is 1. The number of nitrogens with one attached hydrogen (secondary N) is 2. The maximum atomic E-state index is 12.7. The van der Waals surface area contributed by atoms with Crippen LogP contribution >= 0.6 is 0 Å². The van der Waals surface area contributed by atoms with E-state index in [4.69, 9.17) is 0 Å². The molecule has 0 unspecified atom stereocenters. The first-order valence-electron chi connectivity index (χ1n) is 9.41. The van der Waals surface area contributed by atoms with Crippen LogP contribution in [0.15, 0.2) is 54.6 Å².